The summed E-state index contributed by atoms with van der Waals surface area (Å²) in [5.41, 5.74) is 0.453. The quantitative estimate of drug-likeness (QED) is 0.344. The molecule has 1 aliphatic rings. The van der Waals surface area contributed by atoms with Crippen molar-refractivity contribution >= 4 is 23.9 Å². The van der Waals surface area contributed by atoms with Gasteiger partial charge in [0.05, 0.1) is 24.6 Å². The van der Waals surface area contributed by atoms with Crippen LogP contribution in [-0.4, -0.2) is 40.4 Å². The van der Waals surface area contributed by atoms with E-state index in [9.17, 15) is 14.9 Å². The molecule has 1 aliphatic heterocycles. The third-order valence-electron chi connectivity index (χ3n) is 4.52. The van der Waals surface area contributed by atoms with Crippen molar-refractivity contribution in [3.05, 3.63) is 39.2 Å². The number of ether oxygens (including phenoxy) is 1. The van der Waals surface area contributed by atoms with E-state index < -0.39 is 4.92 Å². The van der Waals surface area contributed by atoms with Crippen molar-refractivity contribution < 1.29 is 23.8 Å². The fourth-order valence-corrected chi connectivity index (χ4v) is 3.43. The van der Waals surface area contributed by atoms with Gasteiger partial charge in [0.1, 0.15) is 5.92 Å². The molecule has 0 bridgehead atoms. The highest BCUT2D eigenvalue weighted by Gasteiger charge is 2.30. The molecular weight excluding hydrogens is 372 g/mol. The van der Waals surface area contributed by atoms with Crippen LogP contribution in [0.25, 0.3) is 11.5 Å². The molecule has 3 rings (SSSR count). The van der Waals surface area contributed by atoms with Crippen LogP contribution in [0.15, 0.2) is 28.7 Å². The van der Waals surface area contributed by atoms with Gasteiger partial charge in [-0.05, 0) is 38.0 Å². The summed E-state index contributed by atoms with van der Waals surface area (Å²) in [7, 11) is 0. The largest absolute Gasteiger partial charge is 0.466 e. The van der Waals surface area contributed by atoms with Gasteiger partial charge in [-0.25, -0.2) is 0 Å². The van der Waals surface area contributed by atoms with Crippen LogP contribution in [0, 0.1) is 20.9 Å². The third-order valence-corrected chi connectivity index (χ3v) is 4.82. The second-order valence-electron chi connectivity index (χ2n) is 6.43. The highest BCUT2D eigenvalue weighted by molar-refractivity contribution is 7.71. The van der Waals surface area contributed by atoms with Crippen LogP contribution in [-0.2, 0) is 16.2 Å². The summed E-state index contributed by atoms with van der Waals surface area (Å²) in [6, 6.07) is 6.06. The predicted molar refractivity (Wildman–Crippen MR) is 97.5 cm³/mol. The van der Waals surface area contributed by atoms with Gasteiger partial charge in [0, 0.05) is 17.7 Å². The van der Waals surface area contributed by atoms with E-state index in [2.05, 4.69) is 5.10 Å². The number of aromatic nitrogens is 2. The van der Waals surface area contributed by atoms with Gasteiger partial charge in [0.15, 0.2) is 6.67 Å². The standard InChI is InChI=1S/C17H20N4O5S/c1-2-25-16(22)13-6-4-8-19(10-13)11-20-17(27)26-15(18-20)12-5-3-7-14(9-12)21(23)24/h3,5,7,9,13H,2,4,6,8,10-11H2,1H3/p+1/t13-/m0/s1. The SMILES string of the molecule is CCOC(=O)[C@H]1CCC[NH+](Cn2nc(-c3cccc([N+](=O)[O-])c3)oc2=S)C1. The number of carbonyl (C=O) groups excluding carboxylic acids is 1. The van der Waals surface area contributed by atoms with Crippen molar-refractivity contribution in [1.82, 2.24) is 9.78 Å². The number of nitrogens with zero attached hydrogens (tertiary/aromatic N) is 3. The lowest BCUT2D eigenvalue weighted by Crippen LogP contribution is -3.13. The summed E-state index contributed by atoms with van der Waals surface area (Å²) in [4.78, 5) is 23.8. The fourth-order valence-electron chi connectivity index (χ4n) is 3.24. The van der Waals surface area contributed by atoms with Gasteiger partial charge in [0.2, 0.25) is 5.89 Å². The number of quaternary nitrogens is 1. The van der Waals surface area contributed by atoms with Gasteiger partial charge in [-0.3, -0.25) is 14.9 Å². The summed E-state index contributed by atoms with van der Waals surface area (Å²) in [5, 5.41) is 15.3. The molecular formula is C17H21N4O5S+. The average molecular weight is 393 g/mol. The predicted octanol–water partition coefficient (Wildman–Crippen LogP) is 1.60. The summed E-state index contributed by atoms with van der Waals surface area (Å²) < 4.78 is 12.2. The Morgan fingerprint density at radius 3 is 3.11 bits per heavy atom. The molecule has 1 fully saturated rings. The number of nitrogens with one attached hydrogen (secondary N) is 1. The van der Waals surface area contributed by atoms with Crippen LogP contribution < -0.4 is 4.90 Å². The van der Waals surface area contributed by atoms with E-state index >= 15 is 0 Å². The Hall–Kier alpha value is -2.59. The Morgan fingerprint density at radius 2 is 2.37 bits per heavy atom. The Kier molecular flexibility index (Phi) is 5.97. The van der Waals surface area contributed by atoms with E-state index in [4.69, 9.17) is 21.4 Å². The van der Waals surface area contributed by atoms with Gasteiger partial charge >= 0.3 is 5.97 Å². The summed E-state index contributed by atoms with van der Waals surface area (Å²) in [5.74, 6) is -0.0381. The second-order valence-corrected chi connectivity index (χ2v) is 6.78. The van der Waals surface area contributed by atoms with Gasteiger partial charge in [-0.1, -0.05) is 6.07 Å². The first kappa shape index (κ1) is 19.2. The molecule has 0 aliphatic carbocycles. The Balaban J connectivity index is 1.73. The molecule has 9 nitrogen and oxygen atoms in total. The maximum absolute atomic E-state index is 12.0. The van der Waals surface area contributed by atoms with Crippen molar-refractivity contribution in [1.29, 1.82) is 0 Å². The normalized spacial score (nSPS) is 19.6. The summed E-state index contributed by atoms with van der Waals surface area (Å²) >= 11 is 5.24. The number of esters is 1. The van der Waals surface area contributed by atoms with Gasteiger partial charge in [-0.15, -0.1) is 5.10 Å². The lowest BCUT2D eigenvalue weighted by atomic mass is 9.99. The lowest BCUT2D eigenvalue weighted by molar-refractivity contribution is -0.930. The third kappa shape index (κ3) is 4.58. The van der Waals surface area contributed by atoms with Crippen molar-refractivity contribution in [2.24, 2.45) is 5.92 Å². The van der Waals surface area contributed by atoms with Crippen LogP contribution in [0.5, 0.6) is 0 Å². The van der Waals surface area contributed by atoms with E-state index in [0.29, 0.717) is 25.4 Å². The first-order chi connectivity index (χ1) is 13.0. The molecule has 10 heteroatoms. The first-order valence-corrected chi connectivity index (χ1v) is 9.21. The second kappa shape index (κ2) is 8.40. The molecule has 1 aromatic heterocycles. The number of benzene rings is 1. The number of hydrogen-bond donors (Lipinski definition) is 1. The van der Waals surface area contributed by atoms with Crippen molar-refractivity contribution in [2.75, 3.05) is 19.7 Å². The van der Waals surface area contributed by atoms with Crippen LogP contribution >= 0.6 is 12.2 Å². The molecule has 0 amide bonds. The van der Waals surface area contributed by atoms with Crippen LogP contribution in [0.2, 0.25) is 0 Å². The molecule has 2 atom stereocenters. The number of piperidine rings is 1. The molecule has 0 radical (unpaired) electrons. The molecule has 1 N–H and O–H groups in total. The zero-order valence-corrected chi connectivity index (χ0v) is 15.7. The summed E-state index contributed by atoms with van der Waals surface area (Å²) in [6.07, 6.45) is 1.74. The zero-order valence-electron chi connectivity index (χ0n) is 14.9. The molecule has 1 unspecified atom stereocenters. The average Bonchev–Trinajstić information content (AvgIpc) is 3.03. The Morgan fingerprint density at radius 1 is 1.56 bits per heavy atom. The smallest absolute Gasteiger partial charge is 0.314 e. The van der Waals surface area contributed by atoms with Gasteiger partial charge in [0.25, 0.3) is 10.5 Å². The number of rotatable bonds is 6. The van der Waals surface area contributed by atoms with Crippen molar-refractivity contribution in [2.45, 2.75) is 26.4 Å². The number of non-ortho nitro benzene ring substituents is 1. The van der Waals surface area contributed by atoms with Crippen molar-refractivity contribution in [3.63, 3.8) is 0 Å². The molecule has 1 saturated heterocycles. The highest BCUT2D eigenvalue weighted by atomic mass is 32.1. The van der Waals surface area contributed by atoms with E-state index in [-0.39, 0.29) is 28.3 Å². The minimum Gasteiger partial charge on any atom is -0.466 e. The molecule has 2 heterocycles. The van der Waals surface area contributed by atoms with Gasteiger partial charge in [-0.2, -0.15) is 4.68 Å². The van der Waals surface area contributed by atoms with Crippen molar-refractivity contribution in [3.8, 4) is 11.5 Å². The highest BCUT2D eigenvalue weighted by Crippen LogP contribution is 2.22. The number of hydrogen-bond acceptors (Lipinski definition) is 7. The number of likely N-dealkylation sites (tertiary alicyclic amines) is 1. The van der Waals surface area contributed by atoms with E-state index in [1.807, 2.05) is 0 Å². The van der Waals surface area contributed by atoms with Gasteiger partial charge < -0.3 is 14.1 Å². The molecule has 27 heavy (non-hydrogen) atoms. The monoisotopic (exact) mass is 393 g/mol. The molecule has 0 saturated carbocycles. The van der Waals surface area contributed by atoms with Crippen LogP contribution in [0.3, 0.4) is 0 Å². The van der Waals surface area contributed by atoms with Crippen LogP contribution in [0.1, 0.15) is 19.8 Å². The minimum atomic E-state index is -0.470. The lowest BCUT2D eigenvalue weighted by Gasteiger charge is -2.28. The summed E-state index contributed by atoms with van der Waals surface area (Å²) in [6.45, 7) is 4.20. The van der Waals surface area contributed by atoms with E-state index in [0.717, 1.165) is 24.3 Å². The maximum Gasteiger partial charge on any atom is 0.314 e. The number of carbonyl (C=O) groups is 1. The topological polar surface area (TPSA) is 105 Å². The maximum atomic E-state index is 12.0. The minimum absolute atomic E-state index is 0.0397. The molecule has 2 aromatic rings. The number of nitro groups is 1. The number of nitro benzene ring substituents is 1. The van der Waals surface area contributed by atoms with E-state index in [1.54, 1.807) is 23.7 Å². The molecule has 1 aromatic carbocycles. The van der Waals surface area contributed by atoms with Crippen LogP contribution in [0.4, 0.5) is 5.69 Å². The van der Waals surface area contributed by atoms with E-state index in [1.165, 1.54) is 12.1 Å². The molecule has 144 valence electrons. The fraction of sp³-hybridized carbons (Fsp3) is 0.471. The first-order valence-electron chi connectivity index (χ1n) is 8.81. The Bertz CT molecular complexity index is 893. The zero-order chi connectivity index (χ0) is 19.4. The Labute approximate surface area is 160 Å². The molecule has 0 spiro atoms.